The smallest absolute Gasteiger partial charge is 0.263 e. The molecule has 5 nitrogen and oxygen atoms in total. The lowest BCUT2D eigenvalue weighted by Crippen LogP contribution is -2.21. The Morgan fingerprint density at radius 2 is 1.93 bits per heavy atom. The van der Waals surface area contributed by atoms with Gasteiger partial charge < -0.3 is 10.1 Å². The van der Waals surface area contributed by atoms with Gasteiger partial charge in [0.25, 0.3) is 5.91 Å². The third-order valence-corrected chi connectivity index (χ3v) is 4.25. The van der Waals surface area contributed by atoms with Crippen molar-refractivity contribution in [1.82, 2.24) is 9.38 Å². The molecule has 0 radical (unpaired) electrons. The maximum atomic E-state index is 13.3. The van der Waals surface area contributed by atoms with E-state index < -0.39 is 5.82 Å². The summed E-state index contributed by atoms with van der Waals surface area (Å²) in [7, 11) is 0. The van der Waals surface area contributed by atoms with Gasteiger partial charge in [-0.15, -0.1) is 0 Å². The van der Waals surface area contributed by atoms with Crippen molar-refractivity contribution in [3.8, 4) is 17.0 Å². The molecular formula is C22H18FN3O2. The van der Waals surface area contributed by atoms with Crippen LogP contribution in [0.5, 0.6) is 5.75 Å². The maximum absolute atomic E-state index is 13.3. The summed E-state index contributed by atoms with van der Waals surface area (Å²) in [5, 5.41) is 2.88. The van der Waals surface area contributed by atoms with Crippen LogP contribution in [-0.4, -0.2) is 21.9 Å². The second kappa shape index (κ2) is 7.52. The van der Waals surface area contributed by atoms with Crippen LogP contribution in [0.4, 0.5) is 10.2 Å². The minimum absolute atomic E-state index is 0.239. The molecule has 2 aromatic carbocycles. The standard InChI is InChI=1S/C22H18FN3O2/c1-15-10-11-26-19(12-15)24-21(16-6-3-2-4-7-16)22(26)25-20(27)14-28-18-9-5-8-17(23)13-18/h2-13H,14H2,1H3,(H,25,27). The molecule has 2 heterocycles. The van der Waals surface area contributed by atoms with Crippen molar-refractivity contribution in [2.24, 2.45) is 0 Å². The van der Waals surface area contributed by atoms with Crippen molar-refractivity contribution in [3.63, 3.8) is 0 Å². The molecule has 1 amide bonds. The summed E-state index contributed by atoms with van der Waals surface area (Å²) in [4.78, 5) is 17.2. The number of aryl methyl sites for hydroxylation is 1. The first-order chi connectivity index (χ1) is 13.6. The van der Waals surface area contributed by atoms with Crippen LogP contribution < -0.4 is 10.1 Å². The van der Waals surface area contributed by atoms with Gasteiger partial charge in [0.05, 0.1) is 0 Å². The van der Waals surface area contributed by atoms with Crippen LogP contribution in [0.15, 0.2) is 72.9 Å². The van der Waals surface area contributed by atoms with Gasteiger partial charge in [0.15, 0.2) is 6.61 Å². The molecule has 6 heteroatoms. The first-order valence-electron chi connectivity index (χ1n) is 8.82. The lowest BCUT2D eigenvalue weighted by molar-refractivity contribution is -0.118. The van der Waals surface area contributed by atoms with Crippen molar-refractivity contribution in [1.29, 1.82) is 0 Å². The Bertz CT molecular complexity index is 1140. The van der Waals surface area contributed by atoms with E-state index >= 15 is 0 Å². The molecular weight excluding hydrogens is 357 g/mol. The number of ether oxygens (including phenoxy) is 1. The van der Waals surface area contributed by atoms with Crippen LogP contribution in [0.1, 0.15) is 5.56 Å². The minimum Gasteiger partial charge on any atom is -0.484 e. The van der Waals surface area contributed by atoms with Gasteiger partial charge in [0.2, 0.25) is 0 Å². The predicted octanol–water partition coefficient (Wildman–Crippen LogP) is 4.47. The third kappa shape index (κ3) is 3.71. The van der Waals surface area contributed by atoms with Gasteiger partial charge in [-0.25, -0.2) is 9.37 Å². The molecule has 0 bridgehead atoms. The number of amides is 1. The molecule has 0 spiro atoms. The molecule has 0 saturated heterocycles. The number of anilines is 1. The van der Waals surface area contributed by atoms with Gasteiger partial charge in [0, 0.05) is 17.8 Å². The highest BCUT2D eigenvalue weighted by Gasteiger charge is 2.17. The zero-order valence-electron chi connectivity index (χ0n) is 15.2. The first-order valence-corrected chi connectivity index (χ1v) is 8.82. The fraction of sp³-hybridized carbons (Fsp3) is 0.0909. The van der Waals surface area contributed by atoms with E-state index in [1.54, 1.807) is 6.07 Å². The van der Waals surface area contributed by atoms with Crippen LogP contribution >= 0.6 is 0 Å². The first kappa shape index (κ1) is 17.7. The van der Waals surface area contributed by atoms with Gasteiger partial charge in [-0.1, -0.05) is 36.4 Å². The third-order valence-electron chi connectivity index (χ3n) is 4.25. The molecule has 2 aromatic heterocycles. The highest BCUT2D eigenvalue weighted by atomic mass is 19.1. The number of hydrogen-bond acceptors (Lipinski definition) is 3. The van der Waals surface area contributed by atoms with Crippen molar-refractivity contribution in [2.75, 3.05) is 11.9 Å². The lowest BCUT2D eigenvalue weighted by atomic mass is 10.1. The fourth-order valence-electron chi connectivity index (χ4n) is 2.94. The normalized spacial score (nSPS) is 10.8. The zero-order chi connectivity index (χ0) is 19.5. The molecule has 0 aliphatic heterocycles. The van der Waals surface area contributed by atoms with E-state index in [1.807, 2.05) is 60.0 Å². The highest BCUT2D eigenvalue weighted by Crippen LogP contribution is 2.29. The van der Waals surface area contributed by atoms with Gasteiger partial charge in [-0.3, -0.25) is 9.20 Å². The quantitative estimate of drug-likeness (QED) is 0.560. The molecule has 0 fully saturated rings. The summed E-state index contributed by atoms with van der Waals surface area (Å²) in [6.07, 6.45) is 1.87. The SMILES string of the molecule is Cc1ccn2c(NC(=O)COc3cccc(F)c3)c(-c3ccccc3)nc2c1. The molecule has 4 rings (SSSR count). The average Bonchev–Trinajstić information content (AvgIpc) is 3.04. The Kier molecular flexibility index (Phi) is 4.76. The number of nitrogens with one attached hydrogen (secondary N) is 1. The Morgan fingerprint density at radius 3 is 2.71 bits per heavy atom. The summed E-state index contributed by atoms with van der Waals surface area (Å²) in [6, 6.07) is 19.2. The molecule has 4 aromatic rings. The van der Waals surface area contributed by atoms with Crippen LogP contribution in [-0.2, 0) is 4.79 Å². The number of aromatic nitrogens is 2. The van der Waals surface area contributed by atoms with E-state index in [-0.39, 0.29) is 12.5 Å². The van der Waals surface area contributed by atoms with Crippen molar-refractivity contribution >= 4 is 17.4 Å². The van der Waals surface area contributed by atoms with Crippen molar-refractivity contribution in [3.05, 3.63) is 84.3 Å². The summed E-state index contributed by atoms with van der Waals surface area (Å²) < 4.78 is 20.5. The number of carbonyl (C=O) groups excluding carboxylic acids is 1. The number of nitrogens with zero attached hydrogens (tertiary/aromatic N) is 2. The topological polar surface area (TPSA) is 55.6 Å². The highest BCUT2D eigenvalue weighted by molar-refractivity contribution is 5.95. The van der Waals surface area contributed by atoms with Gasteiger partial charge >= 0.3 is 0 Å². The molecule has 1 N–H and O–H groups in total. The largest absolute Gasteiger partial charge is 0.484 e. The van der Waals surface area contributed by atoms with E-state index in [0.717, 1.165) is 16.8 Å². The summed E-state index contributed by atoms with van der Waals surface area (Å²) in [5.41, 5.74) is 3.38. The number of benzene rings is 2. The second-order valence-electron chi connectivity index (χ2n) is 6.40. The Labute approximate surface area is 161 Å². The Balaban J connectivity index is 1.62. The number of pyridine rings is 1. The van der Waals surface area contributed by atoms with Crippen LogP contribution in [0, 0.1) is 12.7 Å². The number of fused-ring (bicyclic) bond motifs is 1. The van der Waals surface area contributed by atoms with E-state index in [1.165, 1.54) is 18.2 Å². The van der Waals surface area contributed by atoms with E-state index in [2.05, 4.69) is 10.3 Å². The molecule has 0 saturated carbocycles. The molecule has 0 unspecified atom stereocenters. The number of hydrogen-bond donors (Lipinski definition) is 1. The average molecular weight is 375 g/mol. The number of halogens is 1. The van der Waals surface area contributed by atoms with Gasteiger partial charge in [-0.05, 0) is 36.8 Å². The predicted molar refractivity (Wildman–Crippen MR) is 106 cm³/mol. The zero-order valence-corrected chi connectivity index (χ0v) is 15.2. The number of rotatable bonds is 5. The minimum atomic E-state index is -0.415. The number of carbonyl (C=O) groups is 1. The number of imidazole rings is 1. The fourth-order valence-corrected chi connectivity index (χ4v) is 2.94. The molecule has 140 valence electrons. The van der Waals surface area contributed by atoms with Crippen LogP contribution in [0.2, 0.25) is 0 Å². The Morgan fingerprint density at radius 1 is 1.11 bits per heavy atom. The summed E-state index contributed by atoms with van der Waals surface area (Å²) >= 11 is 0. The van der Waals surface area contributed by atoms with Crippen LogP contribution in [0.25, 0.3) is 16.9 Å². The molecule has 0 aliphatic carbocycles. The monoisotopic (exact) mass is 375 g/mol. The lowest BCUT2D eigenvalue weighted by Gasteiger charge is -2.09. The van der Waals surface area contributed by atoms with E-state index in [9.17, 15) is 9.18 Å². The maximum Gasteiger partial charge on any atom is 0.263 e. The van der Waals surface area contributed by atoms with E-state index in [4.69, 9.17) is 4.74 Å². The van der Waals surface area contributed by atoms with Crippen LogP contribution in [0.3, 0.4) is 0 Å². The molecule has 28 heavy (non-hydrogen) atoms. The van der Waals surface area contributed by atoms with Gasteiger partial charge in [0.1, 0.15) is 28.7 Å². The summed E-state index contributed by atoms with van der Waals surface area (Å²) in [5.74, 6) is 0.0893. The summed E-state index contributed by atoms with van der Waals surface area (Å²) in [6.45, 7) is 1.75. The Hall–Kier alpha value is -3.67. The van der Waals surface area contributed by atoms with Crippen molar-refractivity contribution in [2.45, 2.75) is 6.92 Å². The van der Waals surface area contributed by atoms with E-state index in [0.29, 0.717) is 17.3 Å². The van der Waals surface area contributed by atoms with Crippen molar-refractivity contribution < 1.29 is 13.9 Å². The van der Waals surface area contributed by atoms with Gasteiger partial charge in [-0.2, -0.15) is 0 Å². The molecule has 0 atom stereocenters. The second-order valence-corrected chi connectivity index (χ2v) is 6.40. The molecule has 0 aliphatic rings.